The average Bonchev–Trinajstić information content (AvgIpc) is 3.05. The lowest BCUT2D eigenvalue weighted by Gasteiger charge is -2.35. The van der Waals surface area contributed by atoms with E-state index in [1.165, 1.54) is 36.0 Å². The van der Waals surface area contributed by atoms with Crippen molar-refractivity contribution < 1.29 is 0 Å². The molecule has 1 saturated heterocycles. The van der Waals surface area contributed by atoms with Crippen molar-refractivity contribution in [2.75, 3.05) is 11.4 Å². The quantitative estimate of drug-likeness (QED) is 0.481. The number of anilines is 1. The molecule has 2 aromatic heterocycles. The Bertz CT molecular complexity index is 917. The fourth-order valence-corrected chi connectivity index (χ4v) is 4.94. The Kier molecular flexibility index (Phi) is 4.89. The second kappa shape index (κ2) is 7.16. The summed E-state index contributed by atoms with van der Waals surface area (Å²) >= 11 is 7.91. The normalized spacial score (nSPS) is 18.0. The van der Waals surface area contributed by atoms with Gasteiger partial charge in [0.2, 0.25) is 5.28 Å². The van der Waals surface area contributed by atoms with Crippen LogP contribution in [0.2, 0.25) is 5.28 Å². The number of hydrogen-bond acceptors (Lipinski definition) is 4. The van der Waals surface area contributed by atoms with Crippen molar-refractivity contribution in [1.82, 2.24) is 9.97 Å². The van der Waals surface area contributed by atoms with Crippen molar-refractivity contribution in [3.63, 3.8) is 0 Å². The highest BCUT2D eigenvalue weighted by Crippen LogP contribution is 2.40. The van der Waals surface area contributed by atoms with Crippen LogP contribution in [0.15, 0.2) is 29.6 Å². The Labute approximate surface area is 164 Å². The van der Waals surface area contributed by atoms with Gasteiger partial charge >= 0.3 is 0 Å². The molecule has 1 unspecified atom stereocenters. The number of benzene rings is 1. The first-order valence-electron chi connectivity index (χ1n) is 9.36. The van der Waals surface area contributed by atoms with E-state index in [4.69, 9.17) is 11.6 Å². The zero-order chi connectivity index (χ0) is 18.3. The van der Waals surface area contributed by atoms with Crippen LogP contribution in [-0.4, -0.2) is 22.6 Å². The third kappa shape index (κ3) is 3.21. The topological polar surface area (TPSA) is 29.0 Å². The highest BCUT2D eigenvalue weighted by atomic mass is 35.5. The van der Waals surface area contributed by atoms with Gasteiger partial charge in [0, 0.05) is 23.5 Å². The molecule has 1 aliphatic rings. The van der Waals surface area contributed by atoms with Crippen molar-refractivity contribution in [2.24, 2.45) is 0 Å². The lowest BCUT2D eigenvalue weighted by molar-refractivity contribution is 0.482. The molecule has 3 nitrogen and oxygen atoms in total. The van der Waals surface area contributed by atoms with Crippen LogP contribution >= 0.6 is 22.9 Å². The molecule has 0 radical (unpaired) electrons. The molecule has 5 heteroatoms. The fourth-order valence-electron chi connectivity index (χ4n) is 3.78. The van der Waals surface area contributed by atoms with Crippen LogP contribution < -0.4 is 4.90 Å². The minimum Gasteiger partial charge on any atom is -0.353 e. The van der Waals surface area contributed by atoms with E-state index in [-0.39, 0.29) is 0 Å². The predicted molar refractivity (Wildman–Crippen MR) is 113 cm³/mol. The van der Waals surface area contributed by atoms with Gasteiger partial charge in [-0.2, -0.15) is 4.98 Å². The Morgan fingerprint density at radius 2 is 1.92 bits per heavy atom. The van der Waals surface area contributed by atoms with Crippen LogP contribution in [-0.2, 0) is 0 Å². The van der Waals surface area contributed by atoms with Gasteiger partial charge in [0.1, 0.15) is 10.6 Å². The Balaban J connectivity index is 1.86. The van der Waals surface area contributed by atoms with Gasteiger partial charge < -0.3 is 4.90 Å². The summed E-state index contributed by atoms with van der Waals surface area (Å²) in [6, 6.07) is 9.37. The van der Waals surface area contributed by atoms with Crippen molar-refractivity contribution in [2.45, 2.75) is 52.0 Å². The molecule has 136 valence electrons. The largest absolute Gasteiger partial charge is 0.353 e. The molecule has 0 aliphatic carbocycles. The van der Waals surface area contributed by atoms with E-state index in [9.17, 15) is 0 Å². The van der Waals surface area contributed by atoms with Crippen molar-refractivity contribution in [3.8, 4) is 11.1 Å². The number of piperidine rings is 1. The van der Waals surface area contributed by atoms with Crippen LogP contribution in [0.25, 0.3) is 21.3 Å². The second-order valence-corrected chi connectivity index (χ2v) is 8.66. The van der Waals surface area contributed by atoms with Gasteiger partial charge in [0.25, 0.3) is 0 Å². The summed E-state index contributed by atoms with van der Waals surface area (Å²) in [5.74, 6) is 1.53. The first-order valence-corrected chi connectivity index (χ1v) is 10.6. The van der Waals surface area contributed by atoms with E-state index in [1.54, 1.807) is 11.3 Å². The number of fused-ring (bicyclic) bond motifs is 1. The predicted octanol–water partition coefficient (Wildman–Crippen LogP) is 6.51. The summed E-state index contributed by atoms with van der Waals surface area (Å²) in [4.78, 5) is 12.5. The van der Waals surface area contributed by atoms with Crippen molar-refractivity contribution >= 4 is 39.0 Å². The minimum atomic E-state index is 0.342. The molecule has 4 rings (SSSR count). The molecule has 0 N–H and O–H groups in total. The van der Waals surface area contributed by atoms with Crippen molar-refractivity contribution in [3.05, 3.63) is 40.5 Å². The smallest absolute Gasteiger partial charge is 0.225 e. The monoisotopic (exact) mass is 385 g/mol. The minimum absolute atomic E-state index is 0.342. The molecule has 1 atom stereocenters. The van der Waals surface area contributed by atoms with Gasteiger partial charge in [-0.15, -0.1) is 11.3 Å². The SMILES string of the molecule is CC(C)c1ccc(-c2csc3nc(Cl)nc(N4CCCCC4C)c23)cc1. The standard InChI is InChI=1S/C21H24ClN3S/c1-13(2)15-7-9-16(10-8-15)17-12-26-20-18(17)19(23-21(22)24-20)25-11-5-4-6-14(25)3/h7-10,12-14H,4-6,11H2,1-3H3. The fraction of sp³-hybridized carbons (Fsp3) is 0.429. The highest BCUT2D eigenvalue weighted by Gasteiger charge is 2.25. The van der Waals surface area contributed by atoms with Crippen LogP contribution in [0.5, 0.6) is 0 Å². The molecule has 1 aliphatic heterocycles. The molecule has 0 bridgehead atoms. The number of hydrogen-bond donors (Lipinski definition) is 0. The maximum absolute atomic E-state index is 6.26. The maximum atomic E-state index is 6.26. The number of thiophene rings is 1. The van der Waals surface area contributed by atoms with Gasteiger partial charge in [-0.05, 0) is 54.8 Å². The van der Waals surface area contributed by atoms with Crippen LogP contribution in [0, 0.1) is 0 Å². The molecule has 3 heterocycles. The zero-order valence-corrected chi connectivity index (χ0v) is 17.1. The molecule has 26 heavy (non-hydrogen) atoms. The van der Waals surface area contributed by atoms with E-state index in [2.05, 4.69) is 65.3 Å². The summed E-state index contributed by atoms with van der Waals surface area (Å²) < 4.78 is 0. The Morgan fingerprint density at radius 3 is 2.62 bits per heavy atom. The van der Waals surface area contributed by atoms with Gasteiger partial charge in [-0.25, -0.2) is 4.98 Å². The molecule has 3 aromatic rings. The van der Waals surface area contributed by atoms with E-state index < -0.39 is 0 Å². The van der Waals surface area contributed by atoms with Gasteiger partial charge in [0.05, 0.1) is 5.39 Å². The molecule has 0 amide bonds. The molecule has 0 spiro atoms. The lowest BCUT2D eigenvalue weighted by atomic mass is 9.98. The summed E-state index contributed by atoms with van der Waals surface area (Å²) in [5.41, 5.74) is 3.79. The summed E-state index contributed by atoms with van der Waals surface area (Å²) in [5, 5.41) is 3.68. The highest BCUT2D eigenvalue weighted by molar-refractivity contribution is 7.17. The van der Waals surface area contributed by atoms with Crippen LogP contribution in [0.3, 0.4) is 0 Å². The van der Waals surface area contributed by atoms with Gasteiger partial charge in [-0.3, -0.25) is 0 Å². The number of aromatic nitrogens is 2. The van der Waals surface area contributed by atoms with E-state index in [0.717, 1.165) is 22.6 Å². The summed E-state index contributed by atoms with van der Waals surface area (Å²) in [7, 11) is 0. The Morgan fingerprint density at radius 1 is 1.15 bits per heavy atom. The molecule has 1 aromatic carbocycles. The van der Waals surface area contributed by atoms with Crippen molar-refractivity contribution in [1.29, 1.82) is 0 Å². The second-order valence-electron chi connectivity index (χ2n) is 7.46. The molecular weight excluding hydrogens is 362 g/mol. The van der Waals surface area contributed by atoms with Gasteiger partial charge in [-0.1, -0.05) is 38.1 Å². The lowest BCUT2D eigenvalue weighted by Crippen LogP contribution is -2.38. The van der Waals surface area contributed by atoms with E-state index >= 15 is 0 Å². The molecular formula is C21H24ClN3S. The van der Waals surface area contributed by atoms with Crippen LogP contribution in [0.1, 0.15) is 51.5 Å². The van der Waals surface area contributed by atoms with E-state index in [0.29, 0.717) is 17.2 Å². The third-order valence-electron chi connectivity index (χ3n) is 5.35. The Hall–Kier alpha value is -1.65. The van der Waals surface area contributed by atoms with Crippen LogP contribution in [0.4, 0.5) is 5.82 Å². The maximum Gasteiger partial charge on any atom is 0.225 e. The number of halogens is 1. The first-order chi connectivity index (χ1) is 12.5. The number of nitrogens with zero attached hydrogens (tertiary/aromatic N) is 3. The summed E-state index contributed by atoms with van der Waals surface area (Å²) in [6.45, 7) is 7.76. The number of rotatable bonds is 3. The third-order valence-corrected chi connectivity index (χ3v) is 6.39. The summed E-state index contributed by atoms with van der Waals surface area (Å²) in [6.07, 6.45) is 3.69. The first kappa shape index (κ1) is 17.7. The average molecular weight is 386 g/mol. The molecule has 0 saturated carbocycles. The zero-order valence-electron chi connectivity index (χ0n) is 15.5. The van der Waals surface area contributed by atoms with Gasteiger partial charge in [0.15, 0.2) is 0 Å². The molecule has 1 fully saturated rings. The van der Waals surface area contributed by atoms with E-state index in [1.807, 2.05) is 0 Å².